The van der Waals surface area contributed by atoms with E-state index in [1.54, 1.807) is 11.8 Å². The van der Waals surface area contributed by atoms with Gasteiger partial charge in [-0.3, -0.25) is 0 Å². The van der Waals surface area contributed by atoms with Gasteiger partial charge in [0.05, 0.1) is 0 Å². The molecule has 0 saturated heterocycles. The Bertz CT molecular complexity index is 631. The van der Waals surface area contributed by atoms with Crippen molar-refractivity contribution in [3.63, 3.8) is 0 Å². The summed E-state index contributed by atoms with van der Waals surface area (Å²) in [5, 5.41) is 12.8. The van der Waals surface area contributed by atoms with Crippen LogP contribution in [0.3, 0.4) is 0 Å². The Hall–Kier alpha value is -0.850. The summed E-state index contributed by atoms with van der Waals surface area (Å²) in [5.41, 5.74) is 1.34. The second kappa shape index (κ2) is 6.50. The molecule has 4 nitrogen and oxygen atoms in total. The third-order valence-corrected chi connectivity index (χ3v) is 4.74. The molecule has 114 valence electrons. The summed E-state index contributed by atoms with van der Waals surface area (Å²) in [6.07, 6.45) is 0. The van der Waals surface area contributed by atoms with Crippen molar-refractivity contribution in [1.82, 2.24) is 20.1 Å². The summed E-state index contributed by atoms with van der Waals surface area (Å²) < 4.78 is 3.10. The highest BCUT2D eigenvalue weighted by Crippen LogP contribution is 2.31. The van der Waals surface area contributed by atoms with Gasteiger partial charge in [-0.1, -0.05) is 15.9 Å². The number of halogens is 1. The van der Waals surface area contributed by atoms with Crippen LogP contribution in [0.4, 0.5) is 0 Å². The fourth-order valence-corrected chi connectivity index (χ4v) is 3.08. The predicted octanol–water partition coefficient (Wildman–Crippen LogP) is 3.93. The summed E-state index contributed by atoms with van der Waals surface area (Å²) in [6, 6.07) is 6.34. The van der Waals surface area contributed by atoms with Gasteiger partial charge in [-0.15, -0.1) is 10.2 Å². The molecule has 0 aliphatic carbocycles. The average Bonchev–Trinajstić information content (AvgIpc) is 2.70. The first-order chi connectivity index (χ1) is 9.76. The lowest BCUT2D eigenvalue weighted by molar-refractivity contribution is 0.422. The van der Waals surface area contributed by atoms with E-state index in [4.69, 9.17) is 0 Å². The first kappa shape index (κ1) is 16.5. The van der Waals surface area contributed by atoms with E-state index in [-0.39, 0.29) is 5.54 Å². The zero-order chi connectivity index (χ0) is 15.6. The predicted molar refractivity (Wildman–Crippen MR) is 90.6 cm³/mol. The average molecular weight is 369 g/mol. The van der Waals surface area contributed by atoms with Gasteiger partial charge < -0.3 is 9.88 Å². The number of hydrogen-bond acceptors (Lipinski definition) is 4. The zero-order valence-electron chi connectivity index (χ0n) is 13.1. The summed E-state index contributed by atoms with van der Waals surface area (Å²) >= 11 is 5.20. The van der Waals surface area contributed by atoms with Gasteiger partial charge >= 0.3 is 0 Å². The topological polar surface area (TPSA) is 42.7 Å². The highest BCUT2D eigenvalue weighted by atomic mass is 79.9. The molecule has 0 bridgehead atoms. The Morgan fingerprint density at radius 2 is 2.00 bits per heavy atom. The van der Waals surface area contributed by atoms with E-state index in [2.05, 4.69) is 70.4 Å². The van der Waals surface area contributed by atoms with Crippen molar-refractivity contribution < 1.29 is 0 Å². The van der Waals surface area contributed by atoms with Crippen molar-refractivity contribution >= 4 is 27.7 Å². The lowest BCUT2D eigenvalue weighted by Crippen LogP contribution is -2.35. The SMILES string of the molecule is Cc1nnc(Sc2ccc(Br)cc2CNC(C)(C)C)n1C. The minimum atomic E-state index is 0.0889. The molecule has 2 aromatic rings. The van der Waals surface area contributed by atoms with Crippen LogP contribution in [-0.2, 0) is 13.6 Å². The number of nitrogens with zero attached hydrogens (tertiary/aromatic N) is 3. The van der Waals surface area contributed by atoms with Gasteiger partial charge in [0.2, 0.25) is 0 Å². The van der Waals surface area contributed by atoms with Crippen LogP contribution in [0.5, 0.6) is 0 Å². The minimum Gasteiger partial charge on any atom is -0.309 e. The Morgan fingerprint density at radius 3 is 2.57 bits per heavy atom. The molecule has 0 aliphatic rings. The smallest absolute Gasteiger partial charge is 0.195 e. The highest BCUT2D eigenvalue weighted by Gasteiger charge is 2.13. The van der Waals surface area contributed by atoms with Crippen LogP contribution < -0.4 is 5.32 Å². The molecule has 0 atom stereocenters. The Morgan fingerprint density at radius 1 is 1.29 bits per heavy atom. The van der Waals surface area contributed by atoms with Crippen molar-refractivity contribution in [3.8, 4) is 0 Å². The Kier molecular flexibility index (Phi) is 5.11. The van der Waals surface area contributed by atoms with E-state index in [1.807, 2.05) is 18.5 Å². The molecule has 0 saturated carbocycles. The van der Waals surface area contributed by atoms with Crippen LogP contribution >= 0.6 is 27.7 Å². The summed E-state index contributed by atoms with van der Waals surface area (Å²) in [5.74, 6) is 0.920. The molecule has 0 unspecified atom stereocenters. The van der Waals surface area contributed by atoms with Crippen LogP contribution in [0.25, 0.3) is 0 Å². The first-order valence-electron chi connectivity index (χ1n) is 6.83. The van der Waals surface area contributed by atoms with Crippen molar-refractivity contribution in [2.24, 2.45) is 7.05 Å². The van der Waals surface area contributed by atoms with E-state index in [1.165, 1.54) is 10.5 Å². The molecule has 0 amide bonds. The number of benzene rings is 1. The maximum atomic E-state index is 4.23. The molecule has 1 N–H and O–H groups in total. The number of rotatable bonds is 4. The second-order valence-corrected chi connectivity index (χ2v) is 7.97. The molecule has 1 aromatic carbocycles. The minimum absolute atomic E-state index is 0.0889. The normalized spacial score (nSPS) is 11.9. The monoisotopic (exact) mass is 368 g/mol. The highest BCUT2D eigenvalue weighted by molar-refractivity contribution is 9.10. The molecule has 0 fully saturated rings. The summed E-state index contributed by atoms with van der Waals surface area (Å²) in [4.78, 5) is 1.20. The fraction of sp³-hybridized carbons (Fsp3) is 0.467. The molecule has 6 heteroatoms. The molecule has 0 aliphatic heterocycles. The molecule has 1 aromatic heterocycles. The molecular formula is C15H21BrN4S. The lowest BCUT2D eigenvalue weighted by atomic mass is 10.1. The van der Waals surface area contributed by atoms with Gasteiger partial charge in [-0.05, 0) is 63.2 Å². The third-order valence-electron chi connectivity index (χ3n) is 3.09. The van der Waals surface area contributed by atoms with Gasteiger partial charge in [-0.2, -0.15) is 0 Å². The Labute approximate surface area is 138 Å². The number of nitrogens with one attached hydrogen (secondary N) is 1. The van der Waals surface area contributed by atoms with Crippen LogP contribution in [0.15, 0.2) is 32.7 Å². The summed E-state index contributed by atoms with van der Waals surface area (Å²) in [7, 11) is 1.99. The van der Waals surface area contributed by atoms with Crippen LogP contribution in [0.1, 0.15) is 32.2 Å². The summed E-state index contributed by atoms with van der Waals surface area (Å²) in [6.45, 7) is 9.29. The lowest BCUT2D eigenvalue weighted by Gasteiger charge is -2.21. The quantitative estimate of drug-likeness (QED) is 0.887. The van der Waals surface area contributed by atoms with Crippen LogP contribution in [-0.4, -0.2) is 20.3 Å². The Balaban J connectivity index is 2.24. The van der Waals surface area contributed by atoms with E-state index in [0.717, 1.165) is 22.0 Å². The number of hydrogen-bond donors (Lipinski definition) is 1. The third kappa shape index (κ3) is 4.56. The van der Waals surface area contributed by atoms with Gasteiger partial charge in [0.25, 0.3) is 0 Å². The second-order valence-electron chi connectivity index (χ2n) is 6.05. The molecule has 21 heavy (non-hydrogen) atoms. The van der Waals surface area contributed by atoms with Gasteiger partial charge in [-0.25, -0.2) is 0 Å². The first-order valence-corrected chi connectivity index (χ1v) is 8.44. The molecule has 2 rings (SSSR count). The van der Waals surface area contributed by atoms with Crippen molar-refractivity contribution in [3.05, 3.63) is 34.1 Å². The van der Waals surface area contributed by atoms with Gasteiger partial charge in [0.15, 0.2) is 5.16 Å². The van der Waals surface area contributed by atoms with E-state index in [9.17, 15) is 0 Å². The van der Waals surface area contributed by atoms with Gasteiger partial charge in [0.1, 0.15) is 5.82 Å². The van der Waals surface area contributed by atoms with Gasteiger partial charge in [0, 0.05) is 28.5 Å². The number of aryl methyl sites for hydroxylation is 1. The molecule has 1 heterocycles. The van der Waals surface area contributed by atoms with Crippen LogP contribution in [0, 0.1) is 6.92 Å². The van der Waals surface area contributed by atoms with Crippen molar-refractivity contribution in [2.45, 2.75) is 49.8 Å². The van der Waals surface area contributed by atoms with E-state index < -0.39 is 0 Å². The maximum absolute atomic E-state index is 4.23. The number of aromatic nitrogens is 3. The van der Waals surface area contributed by atoms with Crippen LogP contribution in [0.2, 0.25) is 0 Å². The van der Waals surface area contributed by atoms with E-state index in [0.29, 0.717) is 0 Å². The van der Waals surface area contributed by atoms with Crippen molar-refractivity contribution in [2.75, 3.05) is 0 Å². The van der Waals surface area contributed by atoms with Crippen molar-refractivity contribution in [1.29, 1.82) is 0 Å². The molecule has 0 spiro atoms. The standard InChI is InChI=1S/C15H21BrN4S/c1-10-18-19-14(20(10)5)21-13-7-6-12(16)8-11(13)9-17-15(2,3)4/h6-8,17H,9H2,1-5H3. The molecular weight excluding hydrogens is 348 g/mol. The fourth-order valence-electron chi connectivity index (χ4n) is 1.72. The molecule has 0 radical (unpaired) electrons. The maximum Gasteiger partial charge on any atom is 0.195 e. The van der Waals surface area contributed by atoms with E-state index >= 15 is 0 Å². The zero-order valence-corrected chi connectivity index (χ0v) is 15.5. The largest absolute Gasteiger partial charge is 0.309 e.